The number of benzene rings is 1. The fourth-order valence-electron chi connectivity index (χ4n) is 2.01. The zero-order valence-corrected chi connectivity index (χ0v) is 10.2. The fraction of sp³-hybridized carbons (Fsp3) is 0.250. The highest BCUT2D eigenvalue weighted by atomic mass is 16.6. The molecule has 0 spiro atoms. The third-order valence-corrected chi connectivity index (χ3v) is 3.01. The van der Waals surface area contributed by atoms with Gasteiger partial charge in [-0.3, -0.25) is 10.1 Å². The van der Waals surface area contributed by atoms with Crippen LogP contribution in [-0.2, 0) is 6.42 Å². The predicted octanol–water partition coefficient (Wildman–Crippen LogP) is 2.30. The molecule has 0 aliphatic heterocycles. The lowest BCUT2D eigenvalue weighted by molar-refractivity contribution is -0.385. The first-order valence-corrected chi connectivity index (χ1v) is 5.62. The number of nitrogens with two attached hydrogens (primary N) is 1. The maximum absolute atomic E-state index is 10.9. The van der Waals surface area contributed by atoms with E-state index in [1.54, 1.807) is 13.0 Å². The molecule has 0 unspecified atom stereocenters. The van der Waals surface area contributed by atoms with Crippen LogP contribution in [0, 0.1) is 17.0 Å². The van der Waals surface area contributed by atoms with E-state index in [-0.39, 0.29) is 5.69 Å². The molecule has 1 aromatic heterocycles. The summed E-state index contributed by atoms with van der Waals surface area (Å²) in [4.78, 5) is 14.8. The van der Waals surface area contributed by atoms with Crippen LogP contribution in [-0.4, -0.2) is 9.91 Å². The molecule has 2 aromatic rings. The molecule has 0 saturated heterocycles. The number of fused-ring (bicyclic) bond motifs is 1. The van der Waals surface area contributed by atoms with Gasteiger partial charge in [0.15, 0.2) is 0 Å². The van der Waals surface area contributed by atoms with Gasteiger partial charge < -0.3 is 5.43 Å². The molecule has 0 atom stereocenters. The molecule has 3 N–H and O–H groups in total. The van der Waals surface area contributed by atoms with Gasteiger partial charge in [-0.05, 0) is 31.0 Å². The first kappa shape index (κ1) is 12.3. The number of nitrogen functional groups attached to an aromatic ring is 1. The number of nitrogens with zero attached hydrogens (tertiary/aromatic N) is 2. The van der Waals surface area contributed by atoms with Crippen molar-refractivity contribution in [1.82, 2.24) is 4.98 Å². The number of aryl methyl sites for hydroxylation is 2. The minimum atomic E-state index is -0.403. The van der Waals surface area contributed by atoms with E-state index in [0.29, 0.717) is 16.9 Å². The number of hydrogen-bond acceptors (Lipinski definition) is 5. The summed E-state index contributed by atoms with van der Waals surface area (Å²) >= 11 is 0. The number of anilines is 1. The van der Waals surface area contributed by atoms with Crippen LogP contribution in [0.2, 0.25) is 0 Å². The highest BCUT2D eigenvalue weighted by molar-refractivity contribution is 5.87. The molecule has 0 saturated carbocycles. The van der Waals surface area contributed by atoms with Crippen LogP contribution in [0.5, 0.6) is 0 Å². The Morgan fingerprint density at radius 1 is 1.50 bits per heavy atom. The smallest absolute Gasteiger partial charge is 0.274 e. The number of pyridine rings is 1. The Morgan fingerprint density at radius 3 is 2.78 bits per heavy atom. The van der Waals surface area contributed by atoms with E-state index in [1.165, 1.54) is 6.07 Å². The van der Waals surface area contributed by atoms with Gasteiger partial charge in [-0.15, -0.1) is 0 Å². The second-order valence-electron chi connectivity index (χ2n) is 4.03. The summed E-state index contributed by atoms with van der Waals surface area (Å²) in [5.41, 5.74) is 4.75. The van der Waals surface area contributed by atoms with Gasteiger partial charge in [0.1, 0.15) is 5.82 Å². The average molecular weight is 246 g/mol. The highest BCUT2D eigenvalue weighted by Gasteiger charge is 2.15. The minimum absolute atomic E-state index is 0.0715. The van der Waals surface area contributed by atoms with Crippen LogP contribution >= 0.6 is 0 Å². The molecular weight excluding hydrogens is 232 g/mol. The Bertz CT molecular complexity index is 625. The number of hydrogen-bond donors (Lipinski definition) is 2. The van der Waals surface area contributed by atoms with Crippen molar-refractivity contribution in [3.8, 4) is 0 Å². The standard InChI is InChI=1S/C12H14N4O2/c1-3-8-6-9-4-5-10(16(17)18)7(2)11(9)14-12(8)15-13/h4-6H,3,13H2,1-2H3,(H,14,15). The van der Waals surface area contributed by atoms with Crippen molar-refractivity contribution in [2.45, 2.75) is 20.3 Å². The lowest BCUT2D eigenvalue weighted by Gasteiger charge is -2.09. The Balaban J connectivity index is 2.77. The second-order valence-corrected chi connectivity index (χ2v) is 4.03. The molecule has 1 aromatic carbocycles. The molecule has 1 heterocycles. The van der Waals surface area contributed by atoms with Crippen LogP contribution in [0.1, 0.15) is 18.1 Å². The van der Waals surface area contributed by atoms with Crippen LogP contribution < -0.4 is 11.3 Å². The molecule has 6 nitrogen and oxygen atoms in total. The lowest BCUT2D eigenvalue weighted by Crippen LogP contribution is -2.11. The number of hydrazine groups is 1. The Kier molecular flexibility index (Phi) is 3.12. The third-order valence-electron chi connectivity index (χ3n) is 3.01. The molecule has 0 aliphatic carbocycles. The molecule has 0 bridgehead atoms. The van der Waals surface area contributed by atoms with E-state index in [4.69, 9.17) is 5.84 Å². The second kappa shape index (κ2) is 4.58. The van der Waals surface area contributed by atoms with Gasteiger partial charge in [-0.2, -0.15) is 0 Å². The molecule has 0 radical (unpaired) electrons. The zero-order chi connectivity index (χ0) is 13.3. The van der Waals surface area contributed by atoms with E-state index >= 15 is 0 Å². The summed E-state index contributed by atoms with van der Waals surface area (Å²) in [7, 11) is 0. The molecular formula is C12H14N4O2. The Labute approximate surface area is 104 Å². The van der Waals surface area contributed by atoms with Crippen LogP contribution in [0.4, 0.5) is 11.5 Å². The molecule has 0 aliphatic rings. The molecule has 0 amide bonds. The number of nitro groups is 1. The normalized spacial score (nSPS) is 10.6. The van der Waals surface area contributed by atoms with Crippen molar-refractivity contribution in [3.05, 3.63) is 39.4 Å². The topological polar surface area (TPSA) is 94.1 Å². The van der Waals surface area contributed by atoms with Gasteiger partial charge >= 0.3 is 0 Å². The van der Waals surface area contributed by atoms with Gasteiger partial charge in [0.05, 0.1) is 16.0 Å². The van der Waals surface area contributed by atoms with Crippen molar-refractivity contribution in [3.63, 3.8) is 0 Å². The number of nitrogens with one attached hydrogen (secondary N) is 1. The first-order valence-electron chi connectivity index (χ1n) is 5.62. The molecule has 2 rings (SSSR count). The van der Waals surface area contributed by atoms with Crippen molar-refractivity contribution < 1.29 is 4.92 Å². The van der Waals surface area contributed by atoms with E-state index in [2.05, 4.69) is 10.4 Å². The van der Waals surface area contributed by atoms with Crippen molar-refractivity contribution in [2.24, 2.45) is 5.84 Å². The monoisotopic (exact) mass is 246 g/mol. The summed E-state index contributed by atoms with van der Waals surface area (Å²) < 4.78 is 0. The van der Waals surface area contributed by atoms with Crippen LogP contribution in [0.3, 0.4) is 0 Å². The van der Waals surface area contributed by atoms with E-state index in [1.807, 2.05) is 13.0 Å². The van der Waals surface area contributed by atoms with Gasteiger partial charge in [-0.1, -0.05) is 6.92 Å². The molecule has 94 valence electrons. The maximum Gasteiger partial charge on any atom is 0.274 e. The average Bonchev–Trinajstić information content (AvgIpc) is 2.37. The van der Waals surface area contributed by atoms with Crippen molar-refractivity contribution in [2.75, 3.05) is 5.43 Å². The van der Waals surface area contributed by atoms with Gasteiger partial charge in [-0.25, -0.2) is 10.8 Å². The largest absolute Gasteiger partial charge is 0.308 e. The van der Waals surface area contributed by atoms with E-state index in [0.717, 1.165) is 17.4 Å². The Morgan fingerprint density at radius 2 is 2.22 bits per heavy atom. The van der Waals surface area contributed by atoms with Gasteiger partial charge in [0, 0.05) is 11.5 Å². The summed E-state index contributed by atoms with van der Waals surface area (Å²) in [6, 6.07) is 5.18. The minimum Gasteiger partial charge on any atom is -0.308 e. The molecule has 0 fully saturated rings. The lowest BCUT2D eigenvalue weighted by atomic mass is 10.1. The first-order chi connectivity index (χ1) is 8.58. The van der Waals surface area contributed by atoms with Crippen molar-refractivity contribution in [1.29, 1.82) is 0 Å². The van der Waals surface area contributed by atoms with Gasteiger partial charge in [0.25, 0.3) is 5.69 Å². The van der Waals surface area contributed by atoms with E-state index < -0.39 is 4.92 Å². The quantitative estimate of drug-likeness (QED) is 0.492. The summed E-state index contributed by atoms with van der Waals surface area (Å²) in [5.74, 6) is 5.98. The summed E-state index contributed by atoms with van der Waals surface area (Å²) in [6.07, 6.45) is 0.790. The van der Waals surface area contributed by atoms with Crippen molar-refractivity contribution >= 4 is 22.4 Å². The Hall–Kier alpha value is -2.21. The predicted molar refractivity (Wildman–Crippen MR) is 70.3 cm³/mol. The van der Waals surface area contributed by atoms with Crippen LogP contribution in [0.25, 0.3) is 10.9 Å². The zero-order valence-electron chi connectivity index (χ0n) is 10.2. The fourth-order valence-corrected chi connectivity index (χ4v) is 2.01. The SMILES string of the molecule is CCc1cc2ccc([N+](=O)[O-])c(C)c2nc1NN. The highest BCUT2D eigenvalue weighted by Crippen LogP contribution is 2.28. The third kappa shape index (κ3) is 1.86. The summed E-state index contributed by atoms with van der Waals surface area (Å²) in [5, 5.41) is 11.8. The number of nitro benzene ring substituents is 1. The van der Waals surface area contributed by atoms with Crippen LogP contribution in [0.15, 0.2) is 18.2 Å². The van der Waals surface area contributed by atoms with E-state index in [9.17, 15) is 10.1 Å². The molecule has 6 heteroatoms. The summed E-state index contributed by atoms with van der Waals surface area (Å²) in [6.45, 7) is 3.70. The number of rotatable bonds is 3. The maximum atomic E-state index is 10.9. The van der Waals surface area contributed by atoms with Gasteiger partial charge in [0.2, 0.25) is 0 Å². The number of aromatic nitrogens is 1. The molecule has 18 heavy (non-hydrogen) atoms.